The number of benzene rings is 1. The van der Waals surface area contributed by atoms with Gasteiger partial charge in [-0.25, -0.2) is 4.79 Å². The summed E-state index contributed by atoms with van der Waals surface area (Å²) in [4.78, 5) is 26.3. The third kappa shape index (κ3) is 6.17. The lowest BCUT2D eigenvalue weighted by Crippen LogP contribution is -2.45. The van der Waals surface area contributed by atoms with Gasteiger partial charge in [0.2, 0.25) is 5.91 Å². The molecule has 3 saturated heterocycles. The number of amides is 3. The minimum Gasteiger partial charge on any atom is -0.373 e. The van der Waals surface area contributed by atoms with Gasteiger partial charge in [-0.05, 0) is 37.8 Å². The third-order valence-electron chi connectivity index (χ3n) is 6.56. The summed E-state index contributed by atoms with van der Waals surface area (Å²) in [6.07, 6.45) is 3.98. The second kappa shape index (κ2) is 10.9. The maximum atomic E-state index is 12.4. The molecular formula is C24H36N4O3S. The van der Waals surface area contributed by atoms with Gasteiger partial charge in [0.15, 0.2) is 0 Å². The van der Waals surface area contributed by atoms with E-state index in [1.807, 2.05) is 17.8 Å². The van der Waals surface area contributed by atoms with E-state index in [4.69, 9.17) is 4.74 Å². The van der Waals surface area contributed by atoms with Gasteiger partial charge >= 0.3 is 6.03 Å². The number of carbonyl (C=O) groups excluding carboxylic acids is 2. The minimum atomic E-state index is -0.0393. The molecule has 0 aromatic heterocycles. The fourth-order valence-electron chi connectivity index (χ4n) is 5.09. The molecule has 5 atom stereocenters. The van der Waals surface area contributed by atoms with Crippen molar-refractivity contribution in [3.05, 3.63) is 35.4 Å². The molecule has 3 heterocycles. The van der Waals surface area contributed by atoms with E-state index in [1.54, 1.807) is 0 Å². The Morgan fingerprint density at radius 1 is 1.16 bits per heavy atom. The summed E-state index contributed by atoms with van der Waals surface area (Å²) in [5.41, 5.74) is 2.46. The number of carbonyl (C=O) groups is 2. The van der Waals surface area contributed by atoms with E-state index in [2.05, 4.69) is 52.9 Å². The highest BCUT2D eigenvalue weighted by Crippen LogP contribution is 2.33. The first-order valence-corrected chi connectivity index (χ1v) is 12.9. The quantitative estimate of drug-likeness (QED) is 0.390. The Morgan fingerprint density at radius 2 is 1.91 bits per heavy atom. The summed E-state index contributed by atoms with van der Waals surface area (Å²) < 4.78 is 5.85. The molecule has 0 aliphatic carbocycles. The van der Waals surface area contributed by atoms with Gasteiger partial charge in [-0.3, -0.25) is 9.69 Å². The number of nitrogens with zero attached hydrogens (tertiary/aromatic N) is 1. The van der Waals surface area contributed by atoms with E-state index in [-0.39, 0.29) is 36.2 Å². The van der Waals surface area contributed by atoms with Gasteiger partial charge in [0.25, 0.3) is 0 Å². The van der Waals surface area contributed by atoms with Crippen molar-refractivity contribution in [1.29, 1.82) is 0 Å². The number of nitrogens with one attached hydrogen (secondary N) is 3. The lowest BCUT2D eigenvalue weighted by Gasteiger charge is -2.35. The van der Waals surface area contributed by atoms with Crippen LogP contribution in [0.5, 0.6) is 0 Å². The molecule has 8 heteroatoms. The van der Waals surface area contributed by atoms with Crippen LogP contribution in [0, 0.1) is 0 Å². The van der Waals surface area contributed by atoms with E-state index >= 15 is 0 Å². The van der Waals surface area contributed by atoms with Crippen LogP contribution >= 0.6 is 11.8 Å². The number of morpholine rings is 1. The maximum Gasteiger partial charge on any atom is 0.315 e. The molecule has 3 aliphatic heterocycles. The Bertz CT molecular complexity index is 797. The SMILES string of the molecule is C[C@@H]1CN(Cc2ccccc2CNC(=O)CCCC[C@@H]2SC[C@@H]3NC(=O)N[C@@H]32)C[C@H](C)O1. The van der Waals surface area contributed by atoms with Crippen molar-refractivity contribution < 1.29 is 14.3 Å². The van der Waals surface area contributed by atoms with Gasteiger partial charge in [0.1, 0.15) is 0 Å². The summed E-state index contributed by atoms with van der Waals surface area (Å²) in [5, 5.41) is 9.58. The molecule has 0 unspecified atom stereocenters. The fraction of sp³-hybridized carbons (Fsp3) is 0.667. The number of unbranched alkanes of at least 4 members (excludes halogenated alkanes) is 1. The molecule has 3 amide bonds. The Kier molecular flexibility index (Phi) is 7.97. The highest BCUT2D eigenvalue weighted by atomic mass is 32.2. The number of hydrogen-bond acceptors (Lipinski definition) is 5. The molecule has 0 saturated carbocycles. The number of urea groups is 1. The summed E-state index contributed by atoms with van der Waals surface area (Å²) in [6.45, 7) is 7.58. The molecule has 0 spiro atoms. The van der Waals surface area contributed by atoms with Crippen LogP contribution in [0.1, 0.15) is 50.7 Å². The van der Waals surface area contributed by atoms with Gasteiger partial charge in [0, 0.05) is 43.6 Å². The first-order chi connectivity index (χ1) is 15.5. The summed E-state index contributed by atoms with van der Waals surface area (Å²) >= 11 is 1.93. The van der Waals surface area contributed by atoms with E-state index in [0.717, 1.165) is 44.6 Å². The van der Waals surface area contributed by atoms with Crippen molar-refractivity contribution in [2.45, 2.75) is 82.2 Å². The van der Waals surface area contributed by atoms with Crippen molar-refractivity contribution in [2.24, 2.45) is 0 Å². The molecule has 0 bridgehead atoms. The largest absolute Gasteiger partial charge is 0.373 e. The Labute approximate surface area is 195 Å². The molecule has 3 aliphatic rings. The highest BCUT2D eigenvalue weighted by molar-refractivity contribution is 8.00. The van der Waals surface area contributed by atoms with Gasteiger partial charge in [-0.2, -0.15) is 11.8 Å². The van der Waals surface area contributed by atoms with Gasteiger partial charge in [-0.1, -0.05) is 30.7 Å². The molecule has 176 valence electrons. The Balaban J connectivity index is 1.17. The van der Waals surface area contributed by atoms with E-state index in [9.17, 15) is 9.59 Å². The minimum absolute atomic E-state index is 0.0393. The Morgan fingerprint density at radius 3 is 2.69 bits per heavy atom. The van der Waals surface area contributed by atoms with Crippen LogP contribution in [0.25, 0.3) is 0 Å². The fourth-order valence-corrected chi connectivity index (χ4v) is 6.64. The van der Waals surface area contributed by atoms with Crippen LogP contribution in [0.2, 0.25) is 0 Å². The summed E-state index contributed by atoms with van der Waals surface area (Å²) in [6, 6.07) is 8.86. The molecule has 7 nitrogen and oxygen atoms in total. The monoisotopic (exact) mass is 460 g/mol. The predicted molar refractivity (Wildman–Crippen MR) is 128 cm³/mol. The molecule has 1 aromatic rings. The molecular weight excluding hydrogens is 424 g/mol. The average molecular weight is 461 g/mol. The first kappa shape index (κ1) is 23.4. The van der Waals surface area contributed by atoms with Crippen LogP contribution in [-0.2, 0) is 22.6 Å². The summed E-state index contributed by atoms with van der Waals surface area (Å²) in [5.74, 6) is 1.09. The van der Waals surface area contributed by atoms with Crippen LogP contribution in [-0.4, -0.2) is 65.2 Å². The normalized spacial score (nSPS) is 29.9. The van der Waals surface area contributed by atoms with Gasteiger partial charge in [-0.15, -0.1) is 0 Å². The zero-order valence-corrected chi connectivity index (χ0v) is 20.0. The average Bonchev–Trinajstić information content (AvgIpc) is 3.29. The predicted octanol–water partition coefficient (Wildman–Crippen LogP) is 2.64. The number of ether oxygens (including phenoxy) is 1. The van der Waals surface area contributed by atoms with Crippen molar-refractivity contribution in [3.8, 4) is 0 Å². The number of fused-ring (bicyclic) bond motifs is 1. The highest BCUT2D eigenvalue weighted by Gasteiger charge is 2.42. The van der Waals surface area contributed by atoms with E-state index in [0.29, 0.717) is 18.2 Å². The van der Waals surface area contributed by atoms with Crippen molar-refractivity contribution in [1.82, 2.24) is 20.9 Å². The Hall–Kier alpha value is -1.77. The molecule has 4 rings (SSSR count). The van der Waals surface area contributed by atoms with Crippen molar-refractivity contribution in [3.63, 3.8) is 0 Å². The van der Waals surface area contributed by atoms with Crippen LogP contribution in [0.3, 0.4) is 0 Å². The lowest BCUT2D eigenvalue weighted by atomic mass is 10.0. The second-order valence-corrected chi connectivity index (χ2v) is 10.6. The number of rotatable bonds is 9. The first-order valence-electron chi connectivity index (χ1n) is 11.9. The van der Waals surface area contributed by atoms with Crippen molar-refractivity contribution in [2.75, 3.05) is 18.8 Å². The number of hydrogen-bond donors (Lipinski definition) is 3. The lowest BCUT2D eigenvalue weighted by molar-refractivity contribution is -0.121. The van der Waals surface area contributed by atoms with Crippen LogP contribution in [0.15, 0.2) is 24.3 Å². The van der Waals surface area contributed by atoms with Gasteiger partial charge < -0.3 is 20.7 Å². The zero-order valence-electron chi connectivity index (χ0n) is 19.1. The molecule has 3 fully saturated rings. The number of thioether (sulfide) groups is 1. The second-order valence-electron chi connectivity index (χ2n) is 9.36. The smallest absolute Gasteiger partial charge is 0.315 e. The standard InChI is InChI=1S/C24H36N4O3S/c1-16-12-28(13-17(2)31-16)14-19-8-4-3-7-18(19)11-25-22(29)10-6-5-9-21-23-20(15-32-21)26-24(30)27-23/h3-4,7-8,16-17,20-21,23H,5-6,9-15H2,1-2H3,(H,25,29)(H2,26,27,30)/t16-,17+,20-,21-,23-/m0/s1. The molecule has 32 heavy (non-hydrogen) atoms. The third-order valence-corrected chi connectivity index (χ3v) is 8.07. The zero-order chi connectivity index (χ0) is 22.5. The van der Waals surface area contributed by atoms with E-state index < -0.39 is 0 Å². The van der Waals surface area contributed by atoms with Crippen LogP contribution in [0.4, 0.5) is 4.79 Å². The van der Waals surface area contributed by atoms with Gasteiger partial charge in [0.05, 0.1) is 24.3 Å². The maximum absolute atomic E-state index is 12.4. The summed E-state index contributed by atoms with van der Waals surface area (Å²) in [7, 11) is 0. The molecule has 3 N–H and O–H groups in total. The van der Waals surface area contributed by atoms with Crippen molar-refractivity contribution >= 4 is 23.7 Å². The van der Waals surface area contributed by atoms with Crippen LogP contribution < -0.4 is 16.0 Å². The molecule has 1 aromatic carbocycles. The topological polar surface area (TPSA) is 82.7 Å². The molecule has 0 radical (unpaired) electrons. The van der Waals surface area contributed by atoms with E-state index in [1.165, 1.54) is 11.1 Å².